The fourth-order valence-corrected chi connectivity index (χ4v) is 8.02. The molecule has 9 aromatic rings. The van der Waals surface area contributed by atoms with Crippen LogP contribution in [-0.2, 0) is 30.9 Å². The Labute approximate surface area is 328 Å². The van der Waals surface area contributed by atoms with E-state index in [1.165, 1.54) is 37.4 Å². The predicted octanol–water partition coefficient (Wildman–Crippen LogP) is 13.7. The van der Waals surface area contributed by atoms with Crippen LogP contribution in [0.25, 0.3) is 75.0 Å². The van der Waals surface area contributed by atoms with E-state index in [0.29, 0.717) is 0 Å². The van der Waals surface area contributed by atoms with Crippen molar-refractivity contribution in [1.29, 1.82) is 0 Å². The first kappa shape index (κ1) is 36.6. The van der Waals surface area contributed by atoms with Gasteiger partial charge < -0.3 is 9.97 Å². The van der Waals surface area contributed by atoms with E-state index in [9.17, 15) is 4.39 Å². The second kappa shape index (κ2) is 14.2. The normalized spacial score (nSPS) is 11.9. The number of nitrogens with zero attached hydrogens (tertiary/aromatic N) is 2. The first-order valence-corrected chi connectivity index (χ1v) is 18.5. The molecule has 0 aliphatic rings. The minimum absolute atomic E-state index is 0. The second-order valence-corrected chi connectivity index (χ2v) is 16.6. The number of halogens is 1. The number of thiophene rings is 1. The number of hydrogen-bond acceptors (Lipinski definition) is 3. The van der Waals surface area contributed by atoms with Crippen LogP contribution in [0, 0.1) is 17.9 Å². The molecule has 265 valence electrons. The molecule has 3 heterocycles. The largest absolute Gasteiger partial charge is 0.305 e. The summed E-state index contributed by atoms with van der Waals surface area (Å²) in [6, 6.07) is 45.7. The Morgan fingerprint density at radius 3 is 1.98 bits per heavy atom. The Hall–Kier alpha value is -4.80. The van der Waals surface area contributed by atoms with E-state index in [1.807, 2.05) is 24.5 Å². The van der Waals surface area contributed by atoms with Gasteiger partial charge in [-0.3, -0.25) is 0 Å². The molecule has 0 saturated heterocycles. The van der Waals surface area contributed by atoms with E-state index in [2.05, 4.69) is 150 Å². The van der Waals surface area contributed by atoms with Gasteiger partial charge in [0.15, 0.2) is 0 Å². The molecule has 0 spiro atoms. The van der Waals surface area contributed by atoms with Crippen molar-refractivity contribution in [3.8, 4) is 22.5 Å². The summed E-state index contributed by atoms with van der Waals surface area (Å²) in [6.07, 6.45) is 3.76. The number of rotatable bonds is 2. The van der Waals surface area contributed by atoms with Gasteiger partial charge in [-0.15, -0.1) is 59.2 Å². The van der Waals surface area contributed by atoms with Crippen molar-refractivity contribution in [3.63, 3.8) is 0 Å². The predicted molar refractivity (Wildman–Crippen MR) is 220 cm³/mol. The molecule has 3 aromatic heterocycles. The fourth-order valence-electron chi connectivity index (χ4n) is 6.89. The Morgan fingerprint density at radius 2 is 1.21 bits per heavy atom. The molecular weight excluding hydrogens is 848 g/mol. The quantitative estimate of drug-likeness (QED) is 0.128. The molecule has 0 saturated carbocycles. The van der Waals surface area contributed by atoms with Crippen LogP contribution in [-0.4, -0.2) is 9.97 Å². The van der Waals surface area contributed by atoms with Gasteiger partial charge in [0.1, 0.15) is 5.82 Å². The fraction of sp³-hybridized carbons (Fsp3) is 0.167. The third-order valence-electron chi connectivity index (χ3n) is 9.87. The van der Waals surface area contributed by atoms with E-state index in [1.54, 1.807) is 17.4 Å². The molecule has 6 aromatic carbocycles. The zero-order valence-electron chi connectivity index (χ0n) is 30.6. The smallest absolute Gasteiger partial charge is 0.123 e. The van der Waals surface area contributed by atoms with Gasteiger partial charge in [-0.2, -0.15) is 11.3 Å². The van der Waals surface area contributed by atoms with Gasteiger partial charge in [0, 0.05) is 37.2 Å². The maximum atomic E-state index is 13.7. The van der Waals surface area contributed by atoms with Gasteiger partial charge in [-0.1, -0.05) is 102 Å². The zero-order chi connectivity index (χ0) is 36.2. The molecule has 0 unspecified atom stereocenters. The summed E-state index contributed by atoms with van der Waals surface area (Å²) in [6.45, 7) is 13.3. The minimum atomic E-state index is -0.212. The van der Waals surface area contributed by atoms with Crippen LogP contribution in [0.1, 0.15) is 52.7 Å². The number of aromatic nitrogens is 2. The molecule has 5 heteroatoms. The summed E-state index contributed by atoms with van der Waals surface area (Å²) < 4.78 is 16.2. The molecule has 0 atom stereocenters. The molecule has 0 amide bonds. The van der Waals surface area contributed by atoms with Gasteiger partial charge in [0.2, 0.25) is 0 Å². The molecule has 9 rings (SSSR count). The van der Waals surface area contributed by atoms with Crippen LogP contribution in [0.2, 0.25) is 0 Å². The molecule has 1 radical (unpaired) electrons. The Kier molecular flexibility index (Phi) is 9.80. The van der Waals surface area contributed by atoms with E-state index >= 15 is 0 Å². The molecule has 0 aliphatic heterocycles. The molecular formula is C48H39FIrN2S-2. The van der Waals surface area contributed by atoms with Crippen molar-refractivity contribution >= 4 is 63.8 Å². The van der Waals surface area contributed by atoms with E-state index in [-0.39, 0.29) is 36.8 Å². The summed E-state index contributed by atoms with van der Waals surface area (Å²) in [7, 11) is 0. The van der Waals surface area contributed by atoms with E-state index in [4.69, 9.17) is 4.98 Å². The maximum absolute atomic E-state index is 13.7. The van der Waals surface area contributed by atoms with Gasteiger partial charge >= 0.3 is 0 Å². The third kappa shape index (κ3) is 7.14. The van der Waals surface area contributed by atoms with Crippen molar-refractivity contribution in [2.45, 2.75) is 52.4 Å². The summed E-state index contributed by atoms with van der Waals surface area (Å²) >= 11 is 1.80. The second-order valence-electron chi connectivity index (χ2n) is 15.5. The standard InChI is InChI=1S/C29H15FNS.C19H24N.Ir/c30-19-7-10-20-17(15-19)5-8-22-21(20)11-12-26-23(22)13-14-31-29(26)18-6-9-25-24-3-1-2-4-27(24)32-28(25)16-18;1-18(2,3)15-9-7-14(8-10-15)17-13-16(11-12-20-17)19(4,5)6;/h1-5,7-16H;7,9-13H,1-6H3;/q2*-1;. The molecule has 0 aliphatic carbocycles. The first-order valence-electron chi connectivity index (χ1n) is 17.7. The molecule has 53 heavy (non-hydrogen) atoms. The van der Waals surface area contributed by atoms with Crippen molar-refractivity contribution < 1.29 is 24.5 Å². The zero-order valence-corrected chi connectivity index (χ0v) is 33.8. The van der Waals surface area contributed by atoms with E-state index < -0.39 is 0 Å². The molecule has 0 bridgehead atoms. The average molecular weight is 887 g/mol. The summed E-state index contributed by atoms with van der Waals surface area (Å²) in [4.78, 5) is 9.23. The summed E-state index contributed by atoms with van der Waals surface area (Å²) in [5.74, 6) is -0.212. The molecule has 0 N–H and O–H groups in total. The number of pyridine rings is 2. The number of fused-ring (bicyclic) bond motifs is 8. The summed E-state index contributed by atoms with van der Waals surface area (Å²) in [5, 5.41) is 8.98. The Bertz CT molecular complexity index is 2770. The number of hydrogen-bond donors (Lipinski definition) is 0. The minimum Gasteiger partial charge on any atom is -0.305 e. The average Bonchev–Trinajstić information content (AvgIpc) is 3.52. The van der Waals surface area contributed by atoms with Crippen LogP contribution in [0.4, 0.5) is 4.39 Å². The maximum Gasteiger partial charge on any atom is 0.123 e. The van der Waals surface area contributed by atoms with Crippen LogP contribution in [0.3, 0.4) is 0 Å². The monoisotopic (exact) mass is 887 g/mol. The van der Waals surface area contributed by atoms with Crippen molar-refractivity contribution in [2.75, 3.05) is 0 Å². The van der Waals surface area contributed by atoms with Crippen molar-refractivity contribution in [2.24, 2.45) is 0 Å². The van der Waals surface area contributed by atoms with E-state index in [0.717, 1.165) is 54.8 Å². The van der Waals surface area contributed by atoms with Gasteiger partial charge in [0.05, 0.1) is 0 Å². The number of benzene rings is 6. The van der Waals surface area contributed by atoms with Gasteiger partial charge in [-0.05, 0) is 101 Å². The molecule has 0 fully saturated rings. The Morgan fingerprint density at radius 1 is 0.528 bits per heavy atom. The van der Waals surface area contributed by atoms with Gasteiger partial charge in [-0.25, -0.2) is 4.39 Å². The third-order valence-corrected chi connectivity index (χ3v) is 11.0. The summed E-state index contributed by atoms with van der Waals surface area (Å²) in [5.41, 5.74) is 6.89. The van der Waals surface area contributed by atoms with Crippen molar-refractivity contribution in [3.05, 3.63) is 157 Å². The topological polar surface area (TPSA) is 25.8 Å². The SMILES string of the molecule is CC(C)(C)c1c[c-]c(-c2cc(C(C)(C)C)ccn2)cc1.Fc1ccc2c(ccc3c4ccnc(-c5[c-]cc6c(c5)sc5ccccc56)c4ccc23)c1.[Ir]. The van der Waals surface area contributed by atoms with Crippen LogP contribution in [0.15, 0.2) is 128 Å². The van der Waals surface area contributed by atoms with Crippen LogP contribution >= 0.6 is 11.3 Å². The molecule has 2 nitrogen and oxygen atoms in total. The first-order chi connectivity index (χ1) is 24.9. The van der Waals surface area contributed by atoms with Crippen LogP contribution < -0.4 is 0 Å². The van der Waals surface area contributed by atoms with Crippen LogP contribution in [0.5, 0.6) is 0 Å². The Balaban J connectivity index is 0.000000180. The van der Waals surface area contributed by atoms with Gasteiger partial charge in [0.25, 0.3) is 0 Å². The van der Waals surface area contributed by atoms with Crippen molar-refractivity contribution in [1.82, 2.24) is 9.97 Å².